The Hall–Kier alpha value is -0.580. The molecule has 0 aliphatic carbocycles. The Morgan fingerprint density at radius 1 is 1.56 bits per heavy atom. The molecule has 16 heavy (non-hydrogen) atoms. The van der Waals surface area contributed by atoms with Crippen molar-refractivity contribution in [3.05, 3.63) is 28.2 Å². The third kappa shape index (κ3) is 2.97. The summed E-state index contributed by atoms with van der Waals surface area (Å²) in [4.78, 5) is 0. The van der Waals surface area contributed by atoms with Gasteiger partial charge in [-0.15, -0.1) is 0 Å². The molecule has 1 aliphatic rings. The highest BCUT2D eigenvalue weighted by molar-refractivity contribution is 9.10. The SMILES string of the molecule is COc1ccc(C[C@@H]2CNCCO2)cc1Br. The van der Waals surface area contributed by atoms with E-state index in [0.717, 1.165) is 36.3 Å². The van der Waals surface area contributed by atoms with Crippen LogP contribution >= 0.6 is 15.9 Å². The Balaban J connectivity index is 2.01. The summed E-state index contributed by atoms with van der Waals surface area (Å²) in [6, 6.07) is 6.16. The molecule has 2 rings (SSSR count). The number of nitrogens with one attached hydrogen (secondary N) is 1. The monoisotopic (exact) mass is 285 g/mol. The van der Waals surface area contributed by atoms with Crippen LogP contribution in [0, 0.1) is 0 Å². The fourth-order valence-corrected chi connectivity index (χ4v) is 2.44. The van der Waals surface area contributed by atoms with Crippen molar-refractivity contribution in [3.63, 3.8) is 0 Å². The van der Waals surface area contributed by atoms with Gasteiger partial charge in [0.05, 0.1) is 24.3 Å². The molecule has 88 valence electrons. The topological polar surface area (TPSA) is 30.5 Å². The average molecular weight is 286 g/mol. The fourth-order valence-electron chi connectivity index (χ4n) is 1.85. The van der Waals surface area contributed by atoms with E-state index in [9.17, 15) is 0 Å². The van der Waals surface area contributed by atoms with Crippen molar-refractivity contribution in [3.8, 4) is 5.75 Å². The molecular formula is C12H16BrNO2. The van der Waals surface area contributed by atoms with Gasteiger partial charge in [-0.25, -0.2) is 0 Å². The smallest absolute Gasteiger partial charge is 0.133 e. The Labute approximate surface area is 104 Å². The number of hydrogen-bond acceptors (Lipinski definition) is 3. The molecule has 1 saturated heterocycles. The number of hydrogen-bond donors (Lipinski definition) is 1. The summed E-state index contributed by atoms with van der Waals surface area (Å²) in [5.74, 6) is 0.867. The lowest BCUT2D eigenvalue weighted by atomic mass is 10.1. The Morgan fingerprint density at radius 2 is 2.44 bits per heavy atom. The van der Waals surface area contributed by atoms with Gasteiger partial charge in [0.1, 0.15) is 5.75 Å². The molecule has 1 atom stereocenters. The molecular weight excluding hydrogens is 270 g/mol. The van der Waals surface area contributed by atoms with Gasteiger partial charge in [0.25, 0.3) is 0 Å². The van der Waals surface area contributed by atoms with E-state index in [0.29, 0.717) is 0 Å². The maximum atomic E-state index is 5.67. The van der Waals surface area contributed by atoms with Crippen molar-refractivity contribution in [2.24, 2.45) is 0 Å². The number of benzene rings is 1. The summed E-state index contributed by atoms with van der Waals surface area (Å²) < 4.78 is 11.9. The third-order valence-corrected chi connectivity index (χ3v) is 3.30. The van der Waals surface area contributed by atoms with Gasteiger partial charge >= 0.3 is 0 Å². The van der Waals surface area contributed by atoms with Crippen molar-refractivity contribution in [2.45, 2.75) is 12.5 Å². The van der Waals surface area contributed by atoms with Crippen molar-refractivity contribution < 1.29 is 9.47 Å². The molecule has 0 aromatic heterocycles. The van der Waals surface area contributed by atoms with Crippen LogP contribution in [-0.2, 0) is 11.2 Å². The summed E-state index contributed by atoms with van der Waals surface area (Å²) in [7, 11) is 1.67. The first-order valence-electron chi connectivity index (χ1n) is 5.44. The van der Waals surface area contributed by atoms with Gasteiger partial charge in [0.2, 0.25) is 0 Å². The molecule has 0 saturated carbocycles. The predicted octanol–water partition coefficient (Wildman–Crippen LogP) is 1.99. The molecule has 1 N–H and O–H groups in total. The second-order valence-corrected chi connectivity index (χ2v) is 4.72. The first-order chi connectivity index (χ1) is 7.79. The molecule has 0 unspecified atom stereocenters. The number of rotatable bonds is 3. The molecule has 4 heteroatoms. The van der Waals surface area contributed by atoms with Gasteiger partial charge in [-0.2, -0.15) is 0 Å². The zero-order chi connectivity index (χ0) is 11.4. The number of methoxy groups -OCH3 is 1. The summed E-state index contributed by atoms with van der Waals surface area (Å²) in [6.45, 7) is 2.70. The van der Waals surface area contributed by atoms with E-state index in [1.165, 1.54) is 5.56 Å². The molecule has 1 aromatic carbocycles. The second-order valence-electron chi connectivity index (χ2n) is 3.87. The fraction of sp³-hybridized carbons (Fsp3) is 0.500. The van der Waals surface area contributed by atoms with Crippen LogP contribution in [0.15, 0.2) is 22.7 Å². The van der Waals surface area contributed by atoms with Crippen LogP contribution < -0.4 is 10.1 Å². The van der Waals surface area contributed by atoms with Crippen LogP contribution in [0.4, 0.5) is 0 Å². The summed E-state index contributed by atoms with van der Waals surface area (Å²) in [5.41, 5.74) is 1.27. The zero-order valence-corrected chi connectivity index (χ0v) is 10.9. The molecule has 1 aliphatic heterocycles. The largest absolute Gasteiger partial charge is 0.496 e. The van der Waals surface area contributed by atoms with Gasteiger partial charge in [0, 0.05) is 13.1 Å². The van der Waals surface area contributed by atoms with Crippen LogP contribution in [0.3, 0.4) is 0 Å². The highest BCUT2D eigenvalue weighted by Gasteiger charge is 2.14. The van der Waals surface area contributed by atoms with E-state index < -0.39 is 0 Å². The van der Waals surface area contributed by atoms with Crippen molar-refractivity contribution in [1.82, 2.24) is 5.32 Å². The van der Waals surface area contributed by atoms with Crippen molar-refractivity contribution >= 4 is 15.9 Å². The lowest BCUT2D eigenvalue weighted by molar-refractivity contribution is 0.0292. The van der Waals surface area contributed by atoms with E-state index >= 15 is 0 Å². The third-order valence-electron chi connectivity index (χ3n) is 2.68. The summed E-state index contributed by atoms with van der Waals surface area (Å²) in [6.07, 6.45) is 1.23. The quantitative estimate of drug-likeness (QED) is 0.921. The lowest BCUT2D eigenvalue weighted by Crippen LogP contribution is -2.39. The molecule has 1 fully saturated rings. The minimum absolute atomic E-state index is 0.286. The standard InChI is InChI=1S/C12H16BrNO2/c1-15-12-3-2-9(7-11(12)13)6-10-8-14-4-5-16-10/h2-3,7,10,14H,4-6,8H2,1H3/t10-/m1/s1. The number of ether oxygens (including phenoxy) is 2. The van der Waals surface area contributed by atoms with E-state index in [1.807, 2.05) is 6.07 Å². The Kier molecular flexibility index (Phi) is 4.21. The first-order valence-corrected chi connectivity index (χ1v) is 6.23. The van der Waals surface area contributed by atoms with Crippen LogP contribution in [-0.4, -0.2) is 32.9 Å². The lowest BCUT2D eigenvalue weighted by Gasteiger charge is -2.23. The Bertz CT molecular complexity index is 351. The van der Waals surface area contributed by atoms with E-state index in [4.69, 9.17) is 9.47 Å². The molecule has 1 heterocycles. The first kappa shape index (κ1) is 11.9. The average Bonchev–Trinajstić information content (AvgIpc) is 2.31. The molecule has 1 aromatic rings. The van der Waals surface area contributed by atoms with E-state index in [1.54, 1.807) is 7.11 Å². The van der Waals surface area contributed by atoms with E-state index in [-0.39, 0.29) is 6.10 Å². The molecule has 0 bridgehead atoms. The molecule has 3 nitrogen and oxygen atoms in total. The van der Waals surface area contributed by atoms with Crippen LogP contribution in [0.5, 0.6) is 5.75 Å². The van der Waals surface area contributed by atoms with Crippen molar-refractivity contribution in [2.75, 3.05) is 26.8 Å². The van der Waals surface area contributed by atoms with Gasteiger partial charge in [-0.3, -0.25) is 0 Å². The summed E-state index contributed by atoms with van der Waals surface area (Å²) >= 11 is 3.49. The van der Waals surface area contributed by atoms with Gasteiger partial charge in [-0.1, -0.05) is 6.07 Å². The molecule has 0 spiro atoms. The minimum atomic E-state index is 0.286. The maximum Gasteiger partial charge on any atom is 0.133 e. The number of morpholine rings is 1. The van der Waals surface area contributed by atoms with Crippen LogP contribution in [0.2, 0.25) is 0 Å². The minimum Gasteiger partial charge on any atom is -0.496 e. The molecule has 0 amide bonds. The maximum absolute atomic E-state index is 5.67. The normalized spacial score (nSPS) is 20.8. The van der Waals surface area contributed by atoms with Gasteiger partial charge in [0.15, 0.2) is 0 Å². The van der Waals surface area contributed by atoms with Gasteiger partial charge in [-0.05, 0) is 40.0 Å². The summed E-state index contributed by atoms with van der Waals surface area (Å²) in [5, 5.41) is 3.33. The molecule has 0 radical (unpaired) electrons. The van der Waals surface area contributed by atoms with E-state index in [2.05, 4.69) is 33.4 Å². The second kappa shape index (κ2) is 5.66. The van der Waals surface area contributed by atoms with Crippen LogP contribution in [0.1, 0.15) is 5.56 Å². The highest BCUT2D eigenvalue weighted by atomic mass is 79.9. The highest BCUT2D eigenvalue weighted by Crippen LogP contribution is 2.26. The Morgan fingerprint density at radius 3 is 3.06 bits per heavy atom. The zero-order valence-electron chi connectivity index (χ0n) is 9.33. The van der Waals surface area contributed by atoms with Gasteiger partial charge < -0.3 is 14.8 Å². The number of halogens is 1. The van der Waals surface area contributed by atoms with Crippen molar-refractivity contribution in [1.29, 1.82) is 0 Å². The van der Waals surface area contributed by atoms with Crippen LogP contribution in [0.25, 0.3) is 0 Å². The predicted molar refractivity (Wildman–Crippen MR) is 67.0 cm³/mol.